The summed E-state index contributed by atoms with van der Waals surface area (Å²) < 4.78 is 0. The molecular weight excluding hydrogens is 536 g/mol. The van der Waals surface area contributed by atoms with Crippen molar-refractivity contribution in [2.45, 2.75) is 238 Å². The van der Waals surface area contributed by atoms with E-state index >= 15 is 0 Å². The number of aliphatic hydroxyl groups is 1. The molecule has 1 heterocycles. The molecule has 1 aliphatic rings. The van der Waals surface area contributed by atoms with Gasteiger partial charge in [-0.15, -0.1) is 0 Å². The van der Waals surface area contributed by atoms with Crippen molar-refractivity contribution in [3.8, 4) is 0 Å². The topological polar surface area (TPSA) is 35.8 Å². The van der Waals surface area contributed by atoms with Crippen molar-refractivity contribution in [2.24, 2.45) is 4.99 Å². The average molecular weight is 619 g/mol. The molecule has 0 spiro atoms. The first kappa shape index (κ1) is 41.5. The molecule has 0 aromatic carbocycles. The van der Waals surface area contributed by atoms with Crippen molar-refractivity contribution in [1.82, 2.24) is 4.90 Å². The van der Waals surface area contributed by atoms with Gasteiger partial charge >= 0.3 is 0 Å². The molecule has 1 rings (SSSR count). The van der Waals surface area contributed by atoms with Gasteiger partial charge in [0.05, 0.1) is 25.0 Å². The Morgan fingerprint density at radius 2 is 0.795 bits per heavy atom. The third kappa shape index (κ3) is 25.6. The van der Waals surface area contributed by atoms with Crippen LogP contribution in [0.3, 0.4) is 0 Å². The maximum absolute atomic E-state index is 10.1. The van der Waals surface area contributed by atoms with Crippen LogP contribution >= 0.6 is 0 Å². The average Bonchev–Trinajstić information content (AvgIpc) is 3.50. The van der Waals surface area contributed by atoms with Gasteiger partial charge in [-0.25, -0.2) is 0 Å². The largest absolute Gasteiger partial charge is 0.394 e. The smallest absolute Gasteiger partial charge is 0.0993 e. The van der Waals surface area contributed by atoms with Gasteiger partial charge in [-0.2, -0.15) is 0 Å². The molecule has 0 aliphatic carbocycles. The van der Waals surface area contributed by atoms with Gasteiger partial charge < -0.3 is 10.0 Å². The third-order valence-corrected chi connectivity index (χ3v) is 10.3. The van der Waals surface area contributed by atoms with Crippen LogP contribution in [-0.4, -0.2) is 41.6 Å². The summed E-state index contributed by atoms with van der Waals surface area (Å²) in [5.41, 5.74) is 0. The molecule has 44 heavy (non-hydrogen) atoms. The van der Waals surface area contributed by atoms with Crippen molar-refractivity contribution in [2.75, 3.05) is 19.7 Å². The lowest BCUT2D eigenvalue weighted by Gasteiger charge is -2.29. The zero-order valence-corrected chi connectivity index (χ0v) is 30.6. The molecule has 262 valence electrons. The highest BCUT2D eigenvalue weighted by Gasteiger charge is 2.24. The Balaban J connectivity index is 1.91. The fourth-order valence-corrected chi connectivity index (χ4v) is 7.23. The number of aliphatic imine (C=N–C) groups is 1. The summed E-state index contributed by atoms with van der Waals surface area (Å²) in [5.74, 6) is 1.30. The molecule has 0 bridgehead atoms. The predicted molar refractivity (Wildman–Crippen MR) is 198 cm³/mol. The van der Waals surface area contributed by atoms with Gasteiger partial charge in [-0.3, -0.25) is 4.99 Å². The first-order valence-electron chi connectivity index (χ1n) is 20.7. The van der Waals surface area contributed by atoms with E-state index in [0.717, 1.165) is 25.9 Å². The molecule has 1 unspecified atom stereocenters. The number of aliphatic hydroxyl groups excluding tert-OH is 1. The summed E-state index contributed by atoms with van der Waals surface area (Å²) in [6.45, 7) is 6.85. The van der Waals surface area contributed by atoms with Gasteiger partial charge in [0.2, 0.25) is 0 Å². The van der Waals surface area contributed by atoms with Gasteiger partial charge in [0, 0.05) is 13.0 Å². The Kier molecular flexibility index (Phi) is 31.8. The van der Waals surface area contributed by atoms with Crippen LogP contribution in [0.2, 0.25) is 0 Å². The molecule has 0 amide bonds. The highest BCUT2D eigenvalue weighted by molar-refractivity contribution is 5.84. The Hall–Kier alpha value is -0.570. The molecule has 0 fully saturated rings. The molecular formula is C41H82N2O. The van der Waals surface area contributed by atoms with Crippen LogP contribution in [0.25, 0.3) is 0 Å². The summed E-state index contributed by atoms with van der Waals surface area (Å²) >= 11 is 0. The molecule has 1 N–H and O–H groups in total. The van der Waals surface area contributed by atoms with Crippen molar-refractivity contribution < 1.29 is 5.11 Å². The minimum atomic E-state index is 0.288. The number of amidine groups is 1. The zero-order chi connectivity index (χ0) is 31.6. The summed E-state index contributed by atoms with van der Waals surface area (Å²) in [6.07, 6.45) is 47.6. The van der Waals surface area contributed by atoms with E-state index in [9.17, 15) is 5.11 Å². The monoisotopic (exact) mass is 619 g/mol. The van der Waals surface area contributed by atoms with E-state index in [2.05, 4.69) is 18.7 Å². The molecule has 0 radical (unpaired) electrons. The van der Waals surface area contributed by atoms with Gasteiger partial charge in [-0.05, 0) is 12.8 Å². The van der Waals surface area contributed by atoms with E-state index in [-0.39, 0.29) is 6.61 Å². The molecule has 0 saturated carbocycles. The molecule has 3 heteroatoms. The first-order chi connectivity index (χ1) is 21.8. The Morgan fingerprint density at radius 3 is 1.14 bits per heavy atom. The van der Waals surface area contributed by atoms with Crippen molar-refractivity contribution in [3.05, 3.63) is 0 Å². The summed E-state index contributed by atoms with van der Waals surface area (Å²) in [4.78, 5) is 7.32. The molecule has 1 atom stereocenters. The van der Waals surface area contributed by atoms with Crippen molar-refractivity contribution in [1.29, 1.82) is 0 Å². The standard InChI is InChI=1S/C41H82N2O/c1-3-5-7-9-11-13-15-17-19-21-23-25-27-29-31-33-35-40(39-44)43-38-37-42-41(43)36-34-32-30-28-26-24-22-20-18-16-14-12-10-8-6-4-2/h40,44H,3-39H2,1-2H3. The lowest BCUT2D eigenvalue weighted by Crippen LogP contribution is -2.40. The summed E-state index contributed by atoms with van der Waals surface area (Å²) in [6, 6.07) is 0.295. The Morgan fingerprint density at radius 1 is 0.477 bits per heavy atom. The normalized spacial score (nSPS) is 14.1. The minimum Gasteiger partial charge on any atom is -0.394 e. The summed E-state index contributed by atoms with van der Waals surface area (Å²) in [7, 11) is 0. The SMILES string of the molecule is CCCCCCCCCCCCCCCCCCC1=NCCN1C(CO)CCCCCCCCCCCCCCCCCC. The summed E-state index contributed by atoms with van der Waals surface area (Å²) in [5, 5.41) is 10.1. The predicted octanol–water partition coefficient (Wildman–Crippen LogP) is 13.4. The van der Waals surface area contributed by atoms with Crippen LogP contribution in [0.15, 0.2) is 4.99 Å². The molecule has 0 aromatic rings. The quantitative estimate of drug-likeness (QED) is 0.0709. The molecule has 0 aromatic heterocycles. The number of rotatable bonds is 36. The van der Waals surface area contributed by atoms with E-state index < -0.39 is 0 Å². The van der Waals surface area contributed by atoms with Gasteiger partial charge in [0.1, 0.15) is 0 Å². The number of hydrogen-bond acceptors (Lipinski definition) is 3. The van der Waals surface area contributed by atoms with Gasteiger partial charge in [0.25, 0.3) is 0 Å². The maximum Gasteiger partial charge on any atom is 0.0993 e. The second-order valence-corrected chi connectivity index (χ2v) is 14.5. The van der Waals surface area contributed by atoms with Crippen molar-refractivity contribution in [3.63, 3.8) is 0 Å². The van der Waals surface area contributed by atoms with Crippen LogP contribution < -0.4 is 0 Å². The molecule has 0 saturated heterocycles. The van der Waals surface area contributed by atoms with Crippen LogP contribution in [0.5, 0.6) is 0 Å². The fourth-order valence-electron chi connectivity index (χ4n) is 7.23. The van der Waals surface area contributed by atoms with E-state index in [1.165, 1.54) is 211 Å². The van der Waals surface area contributed by atoms with Crippen LogP contribution in [0.4, 0.5) is 0 Å². The van der Waals surface area contributed by atoms with Gasteiger partial charge in [-0.1, -0.05) is 213 Å². The Labute approximate surface area is 278 Å². The third-order valence-electron chi connectivity index (χ3n) is 10.3. The fraction of sp³-hybridized carbons (Fsp3) is 0.976. The highest BCUT2D eigenvalue weighted by Crippen LogP contribution is 2.20. The highest BCUT2D eigenvalue weighted by atomic mass is 16.3. The second-order valence-electron chi connectivity index (χ2n) is 14.5. The first-order valence-corrected chi connectivity index (χ1v) is 20.7. The van der Waals surface area contributed by atoms with E-state index in [1.54, 1.807) is 0 Å². The zero-order valence-electron chi connectivity index (χ0n) is 30.6. The maximum atomic E-state index is 10.1. The number of nitrogens with zero attached hydrogens (tertiary/aromatic N) is 2. The number of hydrogen-bond donors (Lipinski definition) is 1. The van der Waals surface area contributed by atoms with Gasteiger partial charge in [0.15, 0.2) is 0 Å². The molecule has 1 aliphatic heterocycles. The number of unbranched alkanes of at least 4 members (excludes halogenated alkanes) is 30. The minimum absolute atomic E-state index is 0.288. The van der Waals surface area contributed by atoms with E-state index in [1.807, 2.05) is 0 Å². The lowest BCUT2D eigenvalue weighted by molar-refractivity contribution is 0.175. The van der Waals surface area contributed by atoms with Crippen LogP contribution in [0.1, 0.15) is 232 Å². The second kappa shape index (κ2) is 33.8. The Bertz CT molecular complexity index is 591. The van der Waals surface area contributed by atoms with Crippen molar-refractivity contribution >= 4 is 5.84 Å². The molecule has 3 nitrogen and oxygen atoms in total. The lowest BCUT2D eigenvalue weighted by atomic mass is 10.0. The van der Waals surface area contributed by atoms with Crippen LogP contribution in [-0.2, 0) is 0 Å². The van der Waals surface area contributed by atoms with Crippen LogP contribution in [0, 0.1) is 0 Å². The van der Waals surface area contributed by atoms with E-state index in [0.29, 0.717) is 6.04 Å². The van der Waals surface area contributed by atoms with E-state index in [4.69, 9.17) is 4.99 Å².